The molecule has 6 nitrogen and oxygen atoms in total. The van der Waals surface area contributed by atoms with Crippen molar-refractivity contribution in [3.05, 3.63) is 58.1 Å². The molecule has 1 atom stereocenters. The number of benzene rings is 1. The van der Waals surface area contributed by atoms with Crippen LogP contribution in [-0.2, 0) is 11.2 Å². The number of likely N-dealkylation sites (N-methyl/N-ethyl adjacent to an activating group) is 1. The van der Waals surface area contributed by atoms with Gasteiger partial charge in [0.15, 0.2) is 0 Å². The van der Waals surface area contributed by atoms with Crippen LogP contribution in [-0.4, -0.2) is 41.6 Å². The van der Waals surface area contributed by atoms with Gasteiger partial charge >= 0.3 is 0 Å². The molecule has 0 radical (unpaired) electrons. The molecule has 1 aromatic carbocycles. The van der Waals surface area contributed by atoms with Gasteiger partial charge in [0.05, 0.1) is 6.04 Å². The van der Waals surface area contributed by atoms with Gasteiger partial charge in [0.1, 0.15) is 0 Å². The highest BCUT2D eigenvalue weighted by atomic mass is 32.1. The predicted molar refractivity (Wildman–Crippen MR) is 107 cm³/mol. The molecule has 0 spiro atoms. The van der Waals surface area contributed by atoms with Gasteiger partial charge in [-0.2, -0.15) is 0 Å². The van der Waals surface area contributed by atoms with E-state index in [1.165, 1.54) is 10.4 Å². The summed E-state index contributed by atoms with van der Waals surface area (Å²) in [6, 6.07) is 12.2. The average molecular weight is 385 g/mol. The summed E-state index contributed by atoms with van der Waals surface area (Å²) >= 11 is 1.70. The number of hydrogen-bond donors (Lipinski definition) is 1. The van der Waals surface area contributed by atoms with E-state index < -0.39 is 0 Å². The molecule has 0 saturated heterocycles. The van der Waals surface area contributed by atoms with Crippen LogP contribution < -0.4 is 5.32 Å². The minimum atomic E-state index is -0.0199. The van der Waals surface area contributed by atoms with E-state index in [-0.39, 0.29) is 11.9 Å². The topological polar surface area (TPSA) is 71.3 Å². The Morgan fingerprint density at radius 1 is 1.22 bits per heavy atom. The van der Waals surface area contributed by atoms with Gasteiger partial charge in [-0.1, -0.05) is 23.8 Å². The standard InChI is InChI=1S/C20H24N4O2S/c1-14-6-8-15(9-7-14)20-23-22-19(26-20)11-10-18(25)21-13-16(24(2)3)17-5-4-12-27-17/h4-9,12,16H,10-11,13H2,1-3H3,(H,21,25)/t16-/m0/s1. The lowest BCUT2D eigenvalue weighted by molar-refractivity contribution is -0.121. The number of thiophene rings is 1. The van der Waals surface area contributed by atoms with Gasteiger partial charge in [0.25, 0.3) is 0 Å². The molecule has 0 aliphatic heterocycles. The number of carbonyl (C=O) groups excluding carboxylic acids is 1. The number of nitrogens with one attached hydrogen (secondary N) is 1. The van der Waals surface area contributed by atoms with Crippen molar-refractivity contribution in [1.82, 2.24) is 20.4 Å². The summed E-state index contributed by atoms with van der Waals surface area (Å²) in [4.78, 5) is 15.6. The molecule has 1 N–H and O–H groups in total. The van der Waals surface area contributed by atoms with E-state index in [0.29, 0.717) is 31.2 Å². The Morgan fingerprint density at radius 3 is 2.67 bits per heavy atom. The highest BCUT2D eigenvalue weighted by molar-refractivity contribution is 7.10. The Balaban J connectivity index is 1.50. The van der Waals surface area contributed by atoms with E-state index in [2.05, 4.69) is 31.9 Å². The zero-order chi connectivity index (χ0) is 19.2. The van der Waals surface area contributed by atoms with Gasteiger partial charge in [-0.15, -0.1) is 21.5 Å². The van der Waals surface area contributed by atoms with Crippen LogP contribution in [0.2, 0.25) is 0 Å². The first-order chi connectivity index (χ1) is 13.0. The lowest BCUT2D eigenvalue weighted by Crippen LogP contribution is -2.34. The van der Waals surface area contributed by atoms with Crippen LogP contribution >= 0.6 is 11.3 Å². The molecule has 142 valence electrons. The van der Waals surface area contributed by atoms with Crippen molar-refractivity contribution in [1.29, 1.82) is 0 Å². The molecule has 27 heavy (non-hydrogen) atoms. The summed E-state index contributed by atoms with van der Waals surface area (Å²) in [5.74, 6) is 0.937. The molecule has 0 bridgehead atoms. The van der Waals surface area contributed by atoms with Crippen LogP contribution in [0.5, 0.6) is 0 Å². The number of rotatable bonds is 8. The first kappa shape index (κ1) is 19.3. The molecule has 3 aromatic rings. The van der Waals surface area contributed by atoms with Gasteiger partial charge in [-0.05, 0) is 44.6 Å². The van der Waals surface area contributed by atoms with E-state index >= 15 is 0 Å². The zero-order valence-electron chi connectivity index (χ0n) is 15.8. The molecule has 3 rings (SSSR count). The van der Waals surface area contributed by atoms with Gasteiger partial charge in [0.2, 0.25) is 17.7 Å². The maximum Gasteiger partial charge on any atom is 0.247 e. The predicted octanol–water partition coefficient (Wildman–Crippen LogP) is 3.46. The van der Waals surface area contributed by atoms with Crippen LogP contribution in [0.4, 0.5) is 0 Å². The highest BCUT2D eigenvalue weighted by Gasteiger charge is 2.17. The van der Waals surface area contributed by atoms with Crippen LogP contribution in [0, 0.1) is 6.92 Å². The number of aromatic nitrogens is 2. The fourth-order valence-electron chi connectivity index (χ4n) is 2.71. The first-order valence-electron chi connectivity index (χ1n) is 8.89. The summed E-state index contributed by atoms with van der Waals surface area (Å²) in [5.41, 5.74) is 2.06. The first-order valence-corrected chi connectivity index (χ1v) is 9.77. The van der Waals surface area contributed by atoms with Crippen LogP contribution in [0.1, 0.15) is 28.8 Å². The van der Waals surface area contributed by atoms with Crippen LogP contribution in [0.25, 0.3) is 11.5 Å². The van der Waals surface area contributed by atoms with Crippen molar-refractivity contribution in [3.63, 3.8) is 0 Å². The second kappa shape index (κ2) is 8.92. The zero-order valence-corrected chi connectivity index (χ0v) is 16.6. The summed E-state index contributed by atoms with van der Waals surface area (Å²) < 4.78 is 5.67. The number of amides is 1. The second-order valence-electron chi connectivity index (χ2n) is 6.67. The fraction of sp³-hybridized carbons (Fsp3) is 0.350. The van der Waals surface area contributed by atoms with Crippen molar-refractivity contribution < 1.29 is 9.21 Å². The smallest absolute Gasteiger partial charge is 0.247 e. The van der Waals surface area contributed by atoms with E-state index in [4.69, 9.17) is 4.42 Å². The minimum absolute atomic E-state index is 0.0199. The highest BCUT2D eigenvalue weighted by Crippen LogP contribution is 2.22. The summed E-state index contributed by atoms with van der Waals surface area (Å²) in [5, 5.41) is 13.2. The fourth-order valence-corrected chi connectivity index (χ4v) is 3.63. The van der Waals surface area contributed by atoms with E-state index in [9.17, 15) is 4.79 Å². The Labute approximate surface area is 163 Å². The lowest BCUT2D eigenvalue weighted by atomic mass is 10.1. The van der Waals surface area contributed by atoms with E-state index in [0.717, 1.165) is 5.56 Å². The quantitative estimate of drug-likeness (QED) is 0.644. The molecule has 0 fully saturated rings. The Bertz CT molecular complexity index is 857. The lowest BCUT2D eigenvalue weighted by Gasteiger charge is -2.23. The molecule has 0 aliphatic carbocycles. The molecule has 2 aromatic heterocycles. The minimum Gasteiger partial charge on any atom is -0.421 e. The molecule has 7 heteroatoms. The van der Waals surface area contributed by atoms with Gasteiger partial charge in [-0.25, -0.2) is 0 Å². The second-order valence-corrected chi connectivity index (χ2v) is 7.65. The molecule has 0 aliphatic rings. The number of hydrogen-bond acceptors (Lipinski definition) is 6. The Hall–Kier alpha value is -2.51. The van der Waals surface area contributed by atoms with Gasteiger partial charge < -0.3 is 14.6 Å². The van der Waals surface area contributed by atoms with Crippen LogP contribution in [0.3, 0.4) is 0 Å². The van der Waals surface area contributed by atoms with Crippen LogP contribution in [0.15, 0.2) is 46.2 Å². The third-order valence-electron chi connectivity index (χ3n) is 4.32. The van der Waals surface area contributed by atoms with Crippen molar-refractivity contribution in [2.45, 2.75) is 25.8 Å². The van der Waals surface area contributed by atoms with Crippen molar-refractivity contribution in [3.8, 4) is 11.5 Å². The average Bonchev–Trinajstić information content (AvgIpc) is 3.33. The summed E-state index contributed by atoms with van der Waals surface area (Å²) in [6.45, 7) is 2.60. The molecule has 1 amide bonds. The summed E-state index contributed by atoms with van der Waals surface area (Å²) in [7, 11) is 4.03. The molecular formula is C20H24N4O2S. The number of carbonyl (C=O) groups is 1. The maximum absolute atomic E-state index is 12.2. The Morgan fingerprint density at radius 2 is 2.00 bits per heavy atom. The molecule has 0 unspecified atom stereocenters. The van der Waals surface area contributed by atoms with Crippen molar-refractivity contribution in [2.75, 3.05) is 20.6 Å². The third-order valence-corrected chi connectivity index (χ3v) is 5.29. The summed E-state index contributed by atoms with van der Waals surface area (Å²) in [6.07, 6.45) is 0.746. The molecule has 2 heterocycles. The Kier molecular flexibility index (Phi) is 6.36. The maximum atomic E-state index is 12.2. The molecular weight excluding hydrogens is 360 g/mol. The monoisotopic (exact) mass is 384 g/mol. The number of nitrogens with zero attached hydrogens (tertiary/aromatic N) is 3. The molecule has 0 saturated carbocycles. The normalized spacial score (nSPS) is 12.3. The SMILES string of the molecule is Cc1ccc(-c2nnc(CCC(=O)NC[C@@H](c3cccs3)N(C)C)o2)cc1. The van der Waals surface area contributed by atoms with Crippen molar-refractivity contribution in [2.24, 2.45) is 0 Å². The van der Waals surface area contributed by atoms with Crippen molar-refractivity contribution >= 4 is 17.2 Å². The van der Waals surface area contributed by atoms with E-state index in [1.807, 2.05) is 51.4 Å². The van der Waals surface area contributed by atoms with Gasteiger partial charge in [-0.3, -0.25) is 4.79 Å². The number of aryl methyl sites for hydroxylation is 2. The largest absolute Gasteiger partial charge is 0.421 e. The van der Waals surface area contributed by atoms with E-state index in [1.54, 1.807) is 11.3 Å². The van der Waals surface area contributed by atoms with Gasteiger partial charge in [0, 0.05) is 29.8 Å². The third kappa shape index (κ3) is 5.24.